The highest BCUT2D eigenvalue weighted by molar-refractivity contribution is 7.85. The molecule has 0 radical (unpaired) electrons. The SMILES string of the molecule is CC[C@@H]1C[C@]1(CC(=O)[C@@H]1C[C@@H](Oc2nccc3cc(OC)ccc23)CN1C(=O)[C@@H](CC(=O)OC(C)(C)C)C(C)(C)C)C(=O)NS(=O)(=O)OC1(C(C)C)CC1. The molecule has 1 aromatic heterocycles. The number of pyridine rings is 1. The lowest BCUT2D eigenvalue weighted by molar-refractivity contribution is -0.161. The molecule has 1 N–H and O–H groups in total. The number of carbonyl (C=O) groups is 4. The first kappa shape index (κ1) is 41.4. The van der Waals surface area contributed by atoms with Crippen molar-refractivity contribution in [1.82, 2.24) is 14.6 Å². The van der Waals surface area contributed by atoms with E-state index in [4.69, 9.17) is 18.4 Å². The minimum Gasteiger partial charge on any atom is -0.497 e. The molecule has 0 bridgehead atoms. The molecule has 3 fully saturated rings. The van der Waals surface area contributed by atoms with Gasteiger partial charge in [0.05, 0.1) is 43.1 Å². The lowest BCUT2D eigenvalue weighted by Crippen LogP contribution is -2.49. The van der Waals surface area contributed by atoms with Crippen molar-refractivity contribution in [3.05, 3.63) is 30.5 Å². The second-order valence-electron chi connectivity index (χ2n) is 17.7. The molecule has 13 nitrogen and oxygen atoms in total. The Morgan fingerprint density at radius 2 is 1.74 bits per heavy atom. The average molecular weight is 772 g/mol. The molecule has 0 unspecified atom stereocenters. The number of benzene rings is 1. The van der Waals surface area contributed by atoms with Crippen molar-refractivity contribution in [2.75, 3.05) is 13.7 Å². The van der Waals surface area contributed by atoms with Crippen LogP contribution in [0.25, 0.3) is 10.8 Å². The number of rotatable bonds is 15. The van der Waals surface area contributed by atoms with Crippen LogP contribution in [0, 0.1) is 28.6 Å². The molecule has 3 aliphatic rings. The van der Waals surface area contributed by atoms with Crippen molar-refractivity contribution < 1.29 is 46.0 Å². The molecular weight excluding hydrogens is 715 g/mol. The summed E-state index contributed by atoms with van der Waals surface area (Å²) in [6, 6.07) is 6.30. The number of methoxy groups -OCH3 is 1. The van der Waals surface area contributed by atoms with Gasteiger partial charge in [0, 0.05) is 24.4 Å². The van der Waals surface area contributed by atoms with Gasteiger partial charge in [-0.05, 0) is 86.9 Å². The van der Waals surface area contributed by atoms with Gasteiger partial charge in [0.25, 0.3) is 0 Å². The molecule has 1 aromatic carbocycles. The summed E-state index contributed by atoms with van der Waals surface area (Å²) in [6.07, 6.45) is 2.60. The van der Waals surface area contributed by atoms with E-state index in [1.54, 1.807) is 40.1 Å². The van der Waals surface area contributed by atoms with E-state index in [0.29, 0.717) is 37.3 Å². The summed E-state index contributed by atoms with van der Waals surface area (Å²) in [6.45, 7) is 16.5. The zero-order chi connectivity index (χ0) is 40.0. The standard InChI is InChI=1S/C40H57N3O10S/c1-11-26-21-39(26,36(47)42-54(48,49)53-40(15-16-40)24(2)3)22-32(44)31-19-28(51-34-29-13-12-27(50-10)18-25(29)14-17-41-34)23-43(31)35(46)30(37(4,5)6)20-33(45)52-38(7,8)9/h12-14,17-18,24,26,28,30-31H,11,15-16,19-23H2,1-10H3,(H,42,47)/t26-,28-,30-,31+,39-/m1/s1. The van der Waals surface area contributed by atoms with Gasteiger partial charge in [-0.2, -0.15) is 8.42 Å². The fourth-order valence-corrected chi connectivity index (χ4v) is 8.97. The third kappa shape index (κ3) is 9.18. The lowest BCUT2D eigenvalue weighted by atomic mass is 9.77. The van der Waals surface area contributed by atoms with Crippen molar-refractivity contribution in [1.29, 1.82) is 0 Å². The Morgan fingerprint density at radius 3 is 2.30 bits per heavy atom. The number of nitrogens with zero attached hydrogens (tertiary/aromatic N) is 2. The van der Waals surface area contributed by atoms with Crippen LogP contribution in [-0.4, -0.2) is 78.9 Å². The molecule has 2 aliphatic carbocycles. The number of ketones is 1. The van der Waals surface area contributed by atoms with E-state index in [9.17, 15) is 27.6 Å². The summed E-state index contributed by atoms with van der Waals surface area (Å²) in [5.74, 6) is -2.27. The van der Waals surface area contributed by atoms with Gasteiger partial charge < -0.3 is 19.1 Å². The van der Waals surface area contributed by atoms with Crippen LogP contribution in [0.15, 0.2) is 30.5 Å². The Morgan fingerprint density at radius 1 is 1.06 bits per heavy atom. The fraction of sp³-hybridized carbons (Fsp3) is 0.675. The molecule has 298 valence electrons. The molecular formula is C40H57N3O10S. The first-order chi connectivity index (χ1) is 25.0. The average Bonchev–Trinajstić information content (AvgIpc) is 3.96. The van der Waals surface area contributed by atoms with E-state index in [-0.39, 0.29) is 43.4 Å². The Hall–Kier alpha value is -3.78. The van der Waals surface area contributed by atoms with E-state index < -0.39 is 68.2 Å². The maximum Gasteiger partial charge on any atom is 0.362 e. The van der Waals surface area contributed by atoms with Crippen molar-refractivity contribution in [2.45, 2.75) is 131 Å². The normalized spacial score (nSPS) is 24.2. The quantitative estimate of drug-likeness (QED) is 0.213. The molecule has 1 aliphatic heterocycles. The van der Waals surface area contributed by atoms with Crippen LogP contribution in [0.5, 0.6) is 11.6 Å². The first-order valence-corrected chi connectivity index (χ1v) is 20.4. The minimum absolute atomic E-state index is 0.0280. The first-order valence-electron chi connectivity index (χ1n) is 19.0. The Balaban J connectivity index is 1.43. The molecule has 5 rings (SSSR count). The lowest BCUT2D eigenvalue weighted by Gasteiger charge is -2.35. The van der Waals surface area contributed by atoms with Crippen LogP contribution >= 0.6 is 0 Å². The number of nitrogens with one attached hydrogen (secondary N) is 1. The number of likely N-dealkylation sites (tertiary alicyclic amines) is 1. The van der Waals surface area contributed by atoms with E-state index in [0.717, 1.165) is 10.8 Å². The summed E-state index contributed by atoms with van der Waals surface area (Å²) < 4.78 is 51.2. The smallest absolute Gasteiger partial charge is 0.362 e. The maximum atomic E-state index is 14.6. The number of amides is 2. The molecule has 0 spiro atoms. The van der Waals surface area contributed by atoms with Crippen molar-refractivity contribution in [3.8, 4) is 11.6 Å². The van der Waals surface area contributed by atoms with E-state index in [2.05, 4.69) is 9.71 Å². The van der Waals surface area contributed by atoms with Crippen LogP contribution in [0.3, 0.4) is 0 Å². The van der Waals surface area contributed by atoms with Gasteiger partial charge >= 0.3 is 16.3 Å². The molecule has 2 saturated carbocycles. The number of hydrogen-bond donors (Lipinski definition) is 1. The fourth-order valence-electron chi connectivity index (χ4n) is 7.71. The number of carbonyl (C=O) groups excluding carboxylic acids is 4. The summed E-state index contributed by atoms with van der Waals surface area (Å²) in [4.78, 5) is 62.0. The molecule has 2 heterocycles. The summed E-state index contributed by atoms with van der Waals surface area (Å²) in [5, 5.41) is 1.55. The minimum atomic E-state index is -4.45. The van der Waals surface area contributed by atoms with Crippen molar-refractivity contribution >= 4 is 44.6 Å². The highest BCUT2D eigenvalue weighted by atomic mass is 32.2. The third-order valence-corrected chi connectivity index (χ3v) is 12.2. The highest BCUT2D eigenvalue weighted by Crippen LogP contribution is 2.58. The van der Waals surface area contributed by atoms with E-state index in [1.165, 1.54) is 4.90 Å². The number of esters is 1. The number of ether oxygens (including phenoxy) is 3. The maximum absolute atomic E-state index is 14.6. The van der Waals surface area contributed by atoms with Gasteiger partial charge in [-0.15, -0.1) is 0 Å². The van der Waals surface area contributed by atoms with Crippen LogP contribution in [0.1, 0.15) is 107 Å². The molecule has 1 saturated heterocycles. The predicted octanol–water partition coefficient (Wildman–Crippen LogP) is 5.93. The predicted molar refractivity (Wildman–Crippen MR) is 202 cm³/mol. The highest BCUT2D eigenvalue weighted by Gasteiger charge is 2.62. The Kier molecular flexibility index (Phi) is 11.5. The molecule has 2 amide bonds. The Bertz CT molecular complexity index is 1880. The molecule has 54 heavy (non-hydrogen) atoms. The second kappa shape index (κ2) is 15.0. The van der Waals surface area contributed by atoms with Crippen LogP contribution in [0.2, 0.25) is 0 Å². The summed E-state index contributed by atoms with van der Waals surface area (Å²) >= 11 is 0. The third-order valence-electron chi connectivity index (χ3n) is 11.2. The van der Waals surface area contributed by atoms with Crippen molar-refractivity contribution in [2.24, 2.45) is 28.6 Å². The topological polar surface area (TPSA) is 168 Å². The van der Waals surface area contributed by atoms with E-state index in [1.807, 2.05) is 59.7 Å². The largest absolute Gasteiger partial charge is 0.497 e. The van der Waals surface area contributed by atoms with E-state index >= 15 is 0 Å². The van der Waals surface area contributed by atoms with Gasteiger partial charge in [-0.3, -0.25) is 19.2 Å². The number of hydrogen-bond acceptors (Lipinski definition) is 11. The van der Waals surface area contributed by atoms with Crippen molar-refractivity contribution in [3.63, 3.8) is 0 Å². The molecule has 5 atom stereocenters. The summed E-state index contributed by atoms with van der Waals surface area (Å²) in [5.41, 5.74) is -3.56. The number of aromatic nitrogens is 1. The van der Waals surface area contributed by atoms with Gasteiger partial charge in [-0.1, -0.05) is 48.0 Å². The zero-order valence-corrected chi connectivity index (χ0v) is 34.1. The number of fused-ring (bicyclic) bond motifs is 1. The summed E-state index contributed by atoms with van der Waals surface area (Å²) in [7, 11) is -2.87. The van der Waals surface area contributed by atoms with Crippen LogP contribution in [0.4, 0.5) is 0 Å². The molecule has 14 heteroatoms. The van der Waals surface area contributed by atoms with Gasteiger partial charge in [0.2, 0.25) is 17.7 Å². The van der Waals surface area contributed by atoms with Gasteiger partial charge in [-0.25, -0.2) is 13.9 Å². The van der Waals surface area contributed by atoms with Gasteiger partial charge in [0.1, 0.15) is 17.5 Å². The Labute approximate surface area is 319 Å². The van der Waals surface area contributed by atoms with Gasteiger partial charge in [0.15, 0.2) is 5.78 Å². The second-order valence-corrected chi connectivity index (χ2v) is 19.0. The van der Waals surface area contributed by atoms with Crippen LogP contribution < -0.4 is 14.2 Å². The monoisotopic (exact) mass is 771 g/mol. The molecule has 2 aromatic rings. The zero-order valence-electron chi connectivity index (χ0n) is 33.3. The van der Waals surface area contributed by atoms with Crippen LogP contribution in [-0.2, 0) is 38.4 Å². The number of Topliss-reactive ketones (excluding diaryl/α,β-unsaturated/α-hetero) is 1.